The summed E-state index contributed by atoms with van der Waals surface area (Å²) in [6.45, 7) is 0. The van der Waals surface area contributed by atoms with E-state index in [1.807, 2.05) is 0 Å². The van der Waals surface area contributed by atoms with Gasteiger partial charge in [0, 0.05) is 0 Å². The van der Waals surface area contributed by atoms with Crippen molar-refractivity contribution in [1.82, 2.24) is 9.97 Å². The highest BCUT2D eigenvalue weighted by Gasteiger charge is 2.15. The molecule has 9 nitrogen and oxygen atoms in total. The lowest BCUT2D eigenvalue weighted by Gasteiger charge is -2.08. The fraction of sp³-hybridized carbons (Fsp3) is 0.0833. The zero-order chi connectivity index (χ0) is 15.4. The average molecular weight is 291 g/mol. The highest BCUT2D eigenvalue weighted by atomic mass is 16.6. The van der Waals surface area contributed by atoms with Gasteiger partial charge in [-0.2, -0.15) is 9.97 Å². The van der Waals surface area contributed by atoms with E-state index in [0.717, 1.165) is 12.4 Å². The van der Waals surface area contributed by atoms with E-state index in [2.05, 4.69) is 9.97 Å². The number of carboxylic acids is 1. The minimum atomic E-state index is -1.22. The number of benzene rings is 1. The third kappa shape index (κ3) is 3.21. The maximum Gasteiger partial charge on any atom is 0.339 e. The highest BCUT2D eigenvalue weighted by molar-refractivity contribution is 5.91. The van der Waals surface area contributed by atoms with Gasteiger partial charge in [0.15, 0.2) is 0 Å². The van der Waals surface area contributed by atoms with Crippen LogP contribution in [0.25, 0.3) is 0 Å². The van der Waals surface area contributed by atoms with Crippen molar-refractivity contribution in [3.05, 3.63) is 46.3 Å². The number of aromatic nitrogens is 2. The number of methoxy groups -OCH3 is 1. The molecule has 0 atom stereocenters. The van der Waals surface area contributed by atoms with Gasteiger partial charge in [-0.15, -0.1) is 0 Å². The second-order valence-electron chi connectivity index (χ2n) is 3.75. The van der Waals surface area contributed by atoms with E-state index in [4.69, 9.17) is 14.6 Å². The molecule has 1 heterocycles. The minimum Gasteiger partial charge on any atom is -0.497 e. The molecule has 108 valence electrons. The molecular formula is C12H9N3O6. The number of rotatable bonds is 5. The van der Waals surface area contributed by atoms with Crippen LogP contribution in [-0.2, 0) is 0 Å². The number of ether oxygens (including phenoxy) is 2. The van der Waals surface area contributed by atoms with Crippen LogP contribution in [0.1, 0.15) is 10.4 Å². The average Bonchev–Trinajstić information content (AvgIpc) is 2.48. The lowest BCUT2D eigenvalue weighted by atomic mass is 10.2. The predicted molar refractivity (Wildman–Crippen MR) is 68.7 cm³/mol. The van der Waals surface area contributed by atoms with E-state index in [9.17, 15) is 14.9 Å². The number of nitrogens with zero attached hydrogens (tertiary/aromatic N) is 3. The Labute approximate surface area is 117 Å². The van der Waals surface area contributed by atoms with Crippen LogP contribution in [-0.4, -0.2) is 33.1 Å². The van der Waals surface area contributed by atoms with Crippen LogP contribution in [0.15, 0.2) is 30.6 Å². The van der Waals surface area contributed by atoms with Crippen LogP contribution >= 0.6 is 0 Å². The van der Waals surface area contributed by atoms with Crippen molar-refractivity contribution < 1.29 is 24.3 Å². The van der Waals surface area contributed by atoms with Crippen molar-refractivity contribution in [2.24, 2.45) is 0 Å². The van der Waals surface area contributed by atoms with Crippen molar-refractivity contribution in [3.63, 3.8) is 0 Å². The summed E-state index contributed by atoms with van der Waals surface area (Å²) in [6, 6.07) is 3.97. The lowest BCUT2D eigenvalue weighted by molar-refractivity contribution is -0.385. The van der Waals surface area contributed by atoms with Gasteiger partial charge in [-0.25, -0.2) is 4.79 Å². The van der Waals surface area contributed by atoms with E-state index in [0.29, 0.717) is 5.75 Å². The number of nitro groups is 1. The van der Waals surface area contributed by atoms with Crippen LogP contribution in [0, 0.1) is 10.1 Å². The summed E-state index contributed by atoms with van der Waals surface area (Å²) in [6.07, 6.45) is 1.93. The first-order valence-electron chi connectivity index (χ1n) is 5.57. The van der Waals surface area contributed by atoms with Crippen molar-refractivity contribution in [1.29, 1.82) is 0 Å². The Morgan fingerprint density at radius 2 is 2.00 bits per heavy atom. The van der Waals surface area contributed by atoms with Crippen LogP contribution in [0.2, 0.25) is 0 Å². The van der Waals surface area contributed by atoms with Crippen molar-refractivity contribution >= 4 is 11.7 Å². The molecule has 0 amide bonds. The fourth-order valence-corrected chi connectivity index (χ4v) is 1.45. The summed E-state index contributed by atoms with van der Waals surface area (Å²) in [5.74, 6) is -0.868. The Morgan fingerprint density at radius 3 is 2.52 bits per heavy atom. The van der Waals surface area contributed by atoms with E-state index >= 15 is 0 Å². The smallest absolute Gasteiger partial charge is 0.339 e. The summed E-state index contributed by atoms with van der Waals surface area (Å²) >= 11 is 0. The molecule has 0 aliphatic rings. The number of carbonyl (C=O) groups is 1. The van der Waals surface area contributed by atoms with Gasteiger partial charge < -0.3 is 14.6 Å². The van der Waals surface area contributed by atoms with Gasteiger partial charge in [-0.1, -0.05) is 0 Å². The third-order valence-electron chi connectivity index (χ3n) is 2.44. The summed E-state index contributed by atoms with van der Waals surface area (Å²) < 4.78 is 10.2. The Balaban J connectivity index is 2.30. The Kier molecular flexibility index (Phi) is 3.93. The summed E-state index contributed by atoms with van der Waals surface area (Å²) in [5, 5.41) is 19.6. The molecule has 0 aliphatic carbocycles. The fourth-order valence-electron chi connectivity index (χ4n) is 1.45. The molecule has 9 heteroatoms. The molecule has 2 rings (SSSR count). The molecule has 0 aliphatic heterocycles. The first-order chi connectivity index (χ1) is 10.0. The second kappa shape index (κ2) is 5.82. The molecular weight excluding hydrogens is 282 g/mol. The van der Waals surface area contributed by atoms with Crippen molar-refractivity contribution in [2.75, 3.05) is 7.11 Å². The molecule has 0 saturated heterocycles. The third-order valence-corrected chi connectivity index (χ3v) is 2.44. The Hall–Kier alpha value is -3.23. The molecule has 2 aromatic rings. The van der Waals surface area contributed by atoms with Gasteiger partial charge in [0.1, 0.15) is 29.5 Å². The molecule has 21 heavy (non-hydrogen) atoms. The normalized spacial score (nSPS) is 9.95. The van der Waals surface area contributed by atoms with Crippen LogP contribution in [0.4, 0.5) is 5.69 Å². The van der Waals surface area contributed by atoms with E-state index in [-0.39, 0.29) is 23.0 Å². The van der Waals surface area contributed by atoms with E-state index < -0.39 is 10.9 Å². The molecule has 0 saturated carbocycles. The van der Waals surface area contributed by atoms with Crippen molar-refractivity contribution in [3.8, 4) is 17.5 Å². The van der Waals surface area contributed by atoms with Gasteiger partial charge in [0.05, 0.1) is 12.0 Å². The van der Waals surface area contributed by atoms with Gasteiger partial charge >= 0.3 is 17.7 Å². The quantitative estimate of drug-likeness (QED) is 0.653. The molecule has 1 aromatic carbocycles. The van der Waals surface area contributed by atoms with Gasteiger partial charge in [0.2, 0.25) is 0 Å². The number of aromatic carboxylic acids is 1. The Bertz CT molecular complexity index is 686. The number of carboxylic acid groups (broad SMARTS) is 1. The maximum atomic E-state index is 11.2. The van der Waals surface area contributed by atoms with Crippen LogP contribution in [0.5, 0.6) is 17.5 Å². The predicted octanol–water partition coefficient (Wildman–Crippen LogP) is 1.88. The summed E-state index contributed by atoms with van der Waals surface area (Å²) in [4.78, 5) is 28.3. The minimum absolute atomic E-state index is 0.00264. The van der Waals surface area contributed by atoms with E-state index in [1.165, 1.54) is 25.3 Å². The topological polar surface area (TPSA) is 125 Å². The largest absolute Gasteiger partial charge is 0.497 e. The van der Waals surface area contributed by atoms with Gasteiger partial charge in [-0.3, -0.25) is 10.1 Å². The highest BCUT2D eigenvalue weighted by Crippen LogP contribution is 2.27. The van der Waals surface area contributed by atoms with Crippen molar-refractivity contribution in [2.45, 2.75) is 0 Å². The molecule has 0 bridgehead atoms. The molecule has 0 fully saturated rings. The first-order valence-corrected chi connectivity index (χ1v) is 5.57. The van der Waals surface area contributed by atoms with Gasteiger partial charge in [0.25, 0.3) is 0 Å². The first kappa shape index (κ1) is 14.2. The maximum absolute atomic E-state index is 11.2. The monoisotopic (exact) mass is 291 g/mol. The van der Waals surface area contributed by atoms with E-state index in [1.54, 1.807) is 0 Å². The van der Waals surface area contributed by atoms with Crippen LogP contribution in [0.3, 0.4) is 0 Å². The SMILES string of the molecule is COc1ccc(Oc2ncc([N+](=O)[O-])cn2)c(C(=O)O)c1. The molecule has 1 aromatic heterocycles. The summed E-state index contributed by atoms with van der Waals surface area (Å²) in [7, 11) is 1.40. The standard InChI is InChI=1S/C12H9N3O6/c1-20-8-2-3-10(9(4-8)11(16)17)21-12-13-5-7(6-14-12)15(18)19/h2-6H,1H3,(H,16,17). The molecule has 0 radical (unpaired) electrons. The lowest BCUT2D eigenvalue weighted by Crippen LogP contribution is -2.02. The zero-order valence-electron chi connectivity index (χ0n) is 10.7. The Morgan fingerprint density at radius 1 is 1.33 bits per heavy atom. The van der Waals surface area contributed by atoms with Gasteiger partial charge in [-0.05, 0) is 18.2 Å². The zero-order valence-corrected chi connectivity index (χ0v) is 10.7. The second-order valence-corrected chi connectivity index (χ2v) is 3.75. The number of hydrogen-bond acceptors (Lipinski definition) is 7. The molecule has 0 spiro atoms. The number of hydrogen-bond donors (Lipinski definition) is 1. The summed E-state index contributed by atoms with van der Waals surface area (Å²) in [5.41, 5.74) is -0.438. The molecule has 0 unspecified atom stereocenters. The molecule has 1 N–H and O–H groups in total. The van der Waals surface area contributed by atoms with Crippen LogP contribution < -0.4 is 9.47 Å².